The summed E-state index contributed by atoms with van der Waals surface area (Å²) < 4.78 is 23.0. The summed E-state index contributed by atoms with van der Waals surface area (Å²) in [5.41, 5.74) is 5.97. The van der Waals surface area contributed by atoms with Gasteiger partial charge in [0.05, 0.1) is 30.8 Å². The maximum Gasteiger partial charge on any atom is 0.280 e. The number of hydrogen-bond donors (Lipinski definition) is 0. The Kier molecular flexibility index (Phi) is 11.5. The third-order valence-corrected chi connectivity index (χ3v) is 8.67. The van der Waals surface area contributed by atoms with Crippen LogP contribution >= 0.6 is 0 Å². The largest absolute Gasteiger partial charge is 0.493 e. The fourth-order valence-electron chi connectivity index (χ4n) is 6.21. The van der Waals surface area contributed by atoms with E-state index in [1.165, 1.54) is 50.7 Å². The number of piperidine rings is 1. The molecule has 0 spiro atoms. The molecule has 0 amide bonds. The Morgan fingerprint density at radius 1 is 0.809 bits per heavy atom. The van der Waals surface area contributed by atoms with Crippen LogP contribution in [-0.4, -0.2) is 50.3 Å². The Bertz CT molecular complexity index is 1650. The van der Waals surface area contributed by atoms with Crippen LogP contribution in [0.15, 0.2) is 91.0 Å². The lowest BCUT2D eigenvalue weighted by molar-refractivity contribution is -0.386. The summed E-state index contributed by atoms with van der Waals surface area (Å²) in [6.45, 7) is 7.92. The number of nitro benzene ring substituents is 1. The van der Waals surface area contributed by atoms with Crippen LogP contribution < -0.4 is 18.9 Å². The Balaban J connectivity index is 1.40. The van der Waals surface area contributed by atoms with Gasteiger partial charge in [-0.15, -0.1) is 0 Å². The van der Waals surface area contributed by atoms with Crippen molar-refractivity contribution in [2.75, 3.05) is 40.5 Å². The van der Waals surface area contributed by atoms with Crippen LogP contribution in [0.5, 0.6) is 23.0 Å². The van der Waals surface area contributed by atoms with Crippen molar-refractivity contribution in [1.29, 1.82) is 0 Å². The molecular formula is C39H44N2O6. The van der Waals surface area contributed by atoms with Crippen molar-refractivity contribution in [3.05, 3.63) is 123 Å². The third kappa shape index (κ3) is 8.32. The van der Waals surface area contributed by atoms with E-state index in [-0.39, 0.29) is 5.69 Å². The summed E-state index contributed by atoms with van der Waals surface area (Å²) in [5, 5.41) is 11.9. The van der Waals surface area contributed by atoms with Crippen LogP contribution in [0.3, 0.4) is 0 Å². The maximum atomic E-state index is 11.9. The quantitative estimate of drug-likeness (QED) is 0.0776. The highest BCUT2D eigenvalue weighted by molar-refractivity contribution is 5.98. The van der Waals surface area contributed by atoms with Gasteiger partial charge in [-0.2, -0.15) is 0 Å². The first-order valence-corrected chi connectivity index (χ1v) is 16.3. The smallest absolute Gasteiger partial charge is 0.280 e. The van der Waals surface area contributed by atoms with Gasteiger partial charge in [0.1, 0.15) is 24.2 Å². The molecule has 8 heteroatoms. The number of allylic oxidation sites excluding steroid dienone is 1. The molecule has 1 heterocycles. The number of ether oxygens (including phenoxy) is 4. The standard InChI is InChI=1S/C39H44N2O6/c1-5-34(29-12-8-6-9-13-29)39(30-14-18-32(19-15-30)46-25-24-40-22-10-7-11-23-40)31-16-20-33(21-17-31)47-28(2)35-26-37(44-3)38(45-4)27-36(35)41(42)43/h6,8-9,12-21,26-28H,5,7,10-11,22-25H2,1-4H3. The lowest BCUT2D eigenvalue weighted by atomic mass is 9.88. The summed E-state index contributed by atoms with van der Waals surface area (Å²) in [5.74, 6) is 2.16. The SMILES string of the molecule is CCC(=C(c1ccc(OCCN2CCCCC2)cc1)c1ccc(OC(C)c2cc(OC)c(OC)cc2[N+](=O)[O-])cc1)c1ccccc1. The second-order valence-electron chi connectivity index (χ2n) is 11.7. The first-order valence-electron chi connectivity index (χ1n) is 16.3. The second kappa shape index (κ2) is 16.1. The molecule has 47 heavy (non-hydrogen) atoms. The number of methoxy groups -OCH3 is 2. The molecule has 4 aromatic rings. The van der Waals surface area contributed by atoms with Crippen molar-refractivity contribution in [3.63, 3.8) is 0 Å². The van der Waals surface area contributed by atoms with Gasteiger partial charge < -0.3 is 18.9 Å². The summed E-state index contributed by atoms with van der Waals surface area (Å²) in [6, 6.07) is 29.7. The van der Waals surface area contributed by atoms with E-state index in [1.807, 2.05) is 30.3 Å². The normalized spacial score (nSPS) is 14.6. The van der Waals surface area contributed by atoms with Crippen LogP contribution in [0, 0.1) is 10.1 Å². The van der Waals surface area contributed by atoms with E-state index in [2.05, 4.69) is 60.4 Å². The Morgan fingerprint density at radius 2 is 1.40 bits per heavy atom. The average molecular weight is 637 g/mol. The minimum absolute atomic E-state index is 0.0913. The van der Waals surface area contributed by atoms with Crippen molar-refractivity contribution in [2.45, 2.75) is 45.6 Å². The second-order valence-corrected chi connectivity index (χ2v) is 11.7. The van der Waals surface area contributed by atoms with Gasteiger partial charge in [0.2, 0.25) is 0 Å². The third-order valence-electron chi connectivity index (χ3n) is 8.67. The molecule has 5 rings (SSSR count). The highest BCUT2D eigenvalue weighted by Gasteiger charge is 2.25. The average Bonchev–Trinajstić information content (AvgIpc) is 3.11. The zero-order valence-corrected chi connectivity index (χ0v) is 27.7. The van der Waals surface area contributed by atoms with Crippen LogP contribution in [0.25, 0.3) is 11.1 Å². The Morgan fingerprint density at radius 3 is 1.98 bits per heavy atom. The number of likely N-dealkylation sites (tertiary alicyclic amines) is 1. The van der Waals surface area contributed by atoms with Crippen LogP contribution in [0.4, 0.5) is 5.69 Å². The minimum atomic E-state index is -0.617. The molecule has 8 nitrogen and oxygen atoms in total. The molecule has 0 bridgehead atoms. The molecule has 1 unspecified atom stereocenters. The molecule has 1 aliphatic rings. The Hall–Kier alpha value is -4.82. The summed E-state index contributed by atoms with van der Waals surface area (Å²) in [7, 11) is 2.95. The van der Waals surface area contributed by atoms with Crippen LogP contribution in [0.1, 0.15) is 67.9 Å². The fraction of sp³-hybridized carbons (Fsp3) is 0.333. The van der Waals surface area contributed by atoms with Crippen molar-refractivity contribution in [2.24, 2.45) is 0 Å². The van der Waals surface area contributed by atoms with Crippen molar-refractivity contribution < 1.29 is 23.9 Å². The maximum absolute atomic E-state index is 11.9. The van der Waals surface area contributed by atoms with E-state index in [1.54, 1.807) is 13.0 Å². The van der Waals surface area contributed by atoms with Gasteiger partial charge in [0, 0.05) is 6.54 Å². The van der Waals surface area contributed by atoms with Gasteiger partial charge >= 0.3 is 0 Å². The van der Waals surface area contributed by atoms with E-state index in [0.29, 0.717) is 29.4 Å². The highest BCUT2D eigenvalue weighted by atomic mass is 16.6. The first-order chi connectivity index (χ1) is 22.9. The fourth-order valence-corrected chi connectivity index (χ4v) is 6.21. The zero-order valence-electron chi connectivity index (χ0n) is 27.7. The molecule has 0 aliphatic carbocycles. The molecule has 0 aromatic heterocycles. The minimum Gasteiger partial charge on any atom is -0.493 e. The van der Waals surface area contributed by atoms with Gasteiger partial charge in [0.25, 0.3) is 5.69 Å². The van der Waals surface area contributed by atoms with E-state index >= 15 is 0 Å². The summed E-state index contributed by atoms with van der Waals surface area (Å²) in [4.78, 5) is 13.9. The Labute approximate surface area is 277 Å². The van der Waals surface area contributed by atoms with Gasteiger partial charge in [-0.25, -0.2) is 0 Å². The molecule has 1 atom stereocenters. The van der Waals surface area contributed by atoms with Gasteiger partial charge in [0.15, 0.2) is 11.5 Å². The van der Waals surface area contributed by atoms with Crippen LogP contribution in [0.2, 0.25) is 0 Å². The topological polar surface area (TPSA) is 83.3 Å². The number of rotatable bonds is 14. The monoisotopic (exact) mass is 636 g/mol. The lowest BCUT2D eigenvalue weighted by Gasteiger charge is -2.26. The lowest BCUT2D eigenvalue weighted by Crippen LogP contribution is -2.33. The molecule has 4 aromatic carbocycles. The molecule has 1 aliphatic heterocycles. The highest BCUT2D eigenvalue weighted by Crippen LogP contribution is 2.40. The number of benzene rings is 4. The predicted octanol–water partition coefficient (Wildman–Crippen LogP) is 8.99. The van der Waals surface area contributed by atoms with E-state index in [0.717, 1.165) is 48.5 Å². The van der Waals surface area contributed by atoms with Gasteiger partial charge in [-0.3, -0.25) is 15.0 Å². The molecule has 246 valence electrons. The molecule has 0 N–H and O–H groups in total. The van der Waals surface area contributed by atoms with Gasteiger partial charge in [-0.05, 0) is 97.4 Å². The molecule has 1 saturated heterocycles. The number of hydrogen-bond acceptors (Lipinski definition) is 7. The summed E-state index contributed by atoms with van der Waals surface area (Å²) in [6.07, 6.45) is 4.10. The molecular weight excluding hydrogens is 592 g/mol. The van der Waals surface area contributed by atoms with E-state index in [9.17, 15) is 10.1 Å². The van der Waals surface area contributed by atoms with Crippen molar-refractivity contribution in [3.8, 4) is 23.0 Å². The van der Waals surface area contributed by atoms with Crippen LogP contribution in [-0.2, 0) is 0 Å². The van der Waals surface area contributed by atoms with Crippen molar-refractivity contribution >= 4 is 16.8 Å². The first kappa shape index (κ1) is 33.5. The van der Waals surface area contributed by atoms with E-state index < -0.39 is 11.0 Å². The summed E-state index contributed by atoms with van der Waals surface area (Å²) >= 11 is 0. The van der Waals surface area contributed by atoms with E-state index in [4.69, 9.17) is 18.9 Å². The zero-order chi connectivity index (χ0) is 33.2. The number of nitro groups is 1. The molecule has 0 radical (unpaired) electrons. The number of nitrogens with zero attached hydrogens (tertiary/aromatic N) is 2. The predicted molar refractivity (Wildman–Crippen MR) is 187 cm³/mol. The molecule has 0 saturated carbocycles. The molecule has 1 fully saturated rings. The van der Waals surface area contributed by atoms with Crippen molar-refractivity contribution in [1.82, 2.24) is 4.90 Å². The van der Waals surface area contributed by atoms with Gasteiger partial charge in [-0.1, -0.05) is 67.9 Å².